The first-order valence-corrected chi connectivity index (χ1v) is 3.96. The number of nitrogens with one attached hydrogen (secondary N) is 1. The number of nitrogens with two attached hydrogens (primary N) is 1. The lowest BCUT2D eigenvalue weighted by atomic mass is 9.86. The smallest absolute Gasteiger partial charge is 0.158 e. The van der Waals surface area contributed by atoms with Crippen LogP contribution in [0.15, 0.2) is 11.5 Å². The molecule has 74 valence electrons. The van der Waals surface area contributed by atoms with Crippen LogP contribution in [0.2, 0.25) is 0 Å². The number of rotatable bonds is 2. The summed E-state index contributed by atoms with van der Waals surface area (Å²) in [5.41, 5.74) is 4.73. The molecule has 0 aromatic rings. The van der Waals surface area contributed by atoms with Gasteiger partial charge in [-0.25, -0.2) is 0 Å². The monoisotopic (exact) mass is 186 g/mol. The number of hydrogen-bond acceptors (Lipinski definition) is 5. The summed E-state index contributed by atoms with van der Waals surface area (Å²) in [6.45, 7) is -0.396. The summed E-state index contributed by atoms with van der Waals surface area (Å²) in [5, 5.41) is 26.1. The van der Waals surface area contributed by atoms with Crippen LogP contribution in [0.1, 0.15) is 12.8 Å². The molecule has 0 radical (unpaired) electrons. The Morgan fingerprint density at radius 2 is 2.23 bits per heavy atom. The third-order valence-corrected chi connectivity index (χ3v) is 2.09. The molecule has 1 atom stereocenters. The summed E-state index contributed by atoms with van der Waals surface area (Å²) in [7, 11) is 1.43. The molecule has 1 rings (SSSR count). The van der Waals surface area contributed by atoms with Crippen LogP contribution < -0.4 is 5.73 Å². The molecular weight excluding hydrogens is 172 g/mol. The molecule has 0 heterocycles. The second-order valence-electron chi connectivity index (χ2n) is 3.27. The van der Waals surface area contributed by atoms with Gasteiger partial charge in [-0.2, -0.15) is 0 Å². The Morgan fingerprint density at radius 3 is 2.62 bits per heavy atom. The van der Waals surface area contributed by atoms with E-state index >= 15 is 0 Å². The van der Waals surface area contributed by atoms with Gasteiger partial charge in [-0.15, -0.1) is 0 Å². The predicted octanol–water partition coefficient (Wildman–Crippen LogP) is -0.660. The molecule has 0 amide bonds. The molecule has 0 saturated carbocycles. The fraction of sp³-hybridized carbons (Fsp3) is 0.625. The maximum Gasteiger partial charge on any atom is 0.158 e. The molecule has 0 aromatic heterocycles. The largest absolute Gasteiger partial charge is 0.493 e. The highest BCUT2D eigenvalue weighted by molar-refractivity contribution is 5.98. The molecular formula is C8H14N2O3. The van der Waals surface area contributed by atoms with Crippen molar-refractivity contribution in [3.8, 4) is 0 Å². The van der Waals surface area contributed by atoms with Gasteiger partial charge in [0.1, 0.15) is 0 Å². The van der Waals surface area contributed by atoms with Gasteiger partial charge < -0.3 is 26.1 Å². The van der Waals surface area contributed by atoms with Crippen LogP contribution in [0.5, 0.6) is 0 Å². The van der Waals surface area contributed by atoms with Crippen molar-refractivity contribution in [1.29, 1.82) is 5.41 Å². The quantitative estimate of drug-likeness (QED) is 0.460. The molecule has 5 heteroatoms. The third-order valence-electron chi connectivity index (χ3n) is 2.09. The van der Waals surface area contributed by atoms with E-state index in [9.17, 15) is 5.11 Å². The molecule has 1 aliphatic carbocycles. The fourth-order valence-electron chi connectivity index (χ4n) is 1.47. The van der Waals surface area contributed by atoms with Crippen LogP contribution in [0.25, 0.3) is 0 Å². The minimum atomic E-state index is -1.29. The van der Waals surface area contributed by atoms with Gasteiger partial charge in [-0.1, -0.05) is 0 Å². The first-order valence-electron chi connectivity index (χ1n) is 3.96. The first-order chi connectivity index (χ1) is 6.02. The maximum atomic E-state index is 9.67. The van der Waals surface area contributed by atoms with Gasteiger partial charge in [0, 0.05) is 12.8 Å². The molecule has 5 nitrogen and oxygen atoms in total. The molecule has 13 heavy (non-hydrogen) atoms. The summed E-state index contributed by atoms with van der Waals surface area (Å²) < 4.78 is 4.89. The summed E-state index contributed by atoms with van der Waals surface area (Å²) >= 11 is 0. The Bertz CT molecular complexity index is 262. The molecule has 5 N–H and O–H groups in total. The first kappa shape index (κ1) is 10.0. The second kappa shape index (κ2) is 3.35. The highest BCUT2D eigenvalue weighted by atomic mass is 16.5. The van der Waals surface area contributed by atoms with E-state index in [1.54, 1.807) is 0 Å². The molecule has 0 spiro atoms. The molecule has 1 aliphatic rings. The number of methoxy groups -OCH3 is 1. The van der Waals surface area contributed by atoms with Crippen LogP contribution in [0.4, 0.5) is 0 Å². The van der Waals surface area contributed by atoms with Crippen molar-refractivity contribution in [3.05, 3.63) is 11.5 Å². The third kappa shape index (κ3) is 1.81. The standard InChI is InChI=1S/C8H14N2O3/c1-13-7-5(9)2-8(12,4-11)3-6(7)10/h9,11-12H,2-4,10H2,1H3/t8-/m1/s1. The van der Waals surface area contributed by atoms with E-state index in [2.05, 4.69) is 0 Å². The van der Waals surface area contributed by atoms with Gasteiger partial charge in [0.05, 0.1) is 30.7 Å². The summed E-state index contributed by atoms with van der Waals surface area (Å²) in [6, 6.07) is 0. The van der Waals surface area contributed by atoms with Crippen molar-refractivity contribution < 1.29 is 14.9 Å². The zero-order valence-corrected chi connectivity index (χ0v) is 7.50. The van der Waals surface area contributed by atoms with E-state index in [1.165, 1.54) is 7.11 Å². The van der Waals surface area contributed by atoms with Gasteiger partial charge >= 0.3 is 0 Å². The lowest BCUT2D eigenvalue weighted by Crippen LogP contribution is -2.41. The Balaban J connectivity index is 2.93. The lowest BCUT2D eigenvalue weighted by Gasteiger charge is -2.31. The summed E-state index contributed by atoms with van der Waals surface area (Å²) in [4.78, 5) is 0. The molecule has 0 aliphatic heterocycles. The Kier molecular flexibility index (Phi) is 2.58. The van der Waals surface area contributed by atoms with Crippen LogP contribution in [0.3, 0.4) is 0 Å². The molecule has 0 fully saturated rings. The average Bonchev–Trinajstić information content (AvgIpc) is 2.03. The van der Waals surface area contributed by atoms with Crippen molar-refractivity contribution in [1.82, 2.24) is 0 Å². The molecule has 0 bridgehead atoms. The lowest BCUT2D eigenvalue weighted by molar-refractivity contribution is -0.0120. The van der Waals surface area contributed by atoms with Crippen LogP contribution in [-0.2, 0) is 4.74 Å². The Hall–Kier alpha value is -1.07. The zero-order chi connectivity index (χ0) is 10.1. The number of aliphatic hydroxyl groups excluding tert-OH is 1. The van der Waals surface area contributed by atoms with Gasteiger partial charge in [0.25, 0.3) is 0 Å². The van der Waals surface area contributed by atoms with Crippen molar-refractivity contribution >= 4 is 5.71 Å². The van der Waals surface area contributed by atoms with Gasteiger partial charge in [0.15, 0.2) is 5.76 Å². The van der Waals surface area contributed by atoms with Crippen LogP contribution in [-0.4, -0.2) is 35.2 Å². The normalized spacial score (nSPS) is 29.3. The fourth-order valence-corrected chi connectivity index (χ4v) is 1.47. The minimum absolute atomic E-state index is 0.0768. The molecule has 0 aromatic carbocycles. The van der Waals surface area contributed by atoms with E-state index in [1.807, 2.05) is 0 Å². The highest BCUT2D eigenvalue weighted by Crippen LogP contribution is 2.27. The van der Waals surface area contributed by atoms with Crippen molar-refractivity contribution in [2.75, 3.05) is 13.7 Å². The van der Waals surface area contributed by atoms with E-state index < -0.39 is 12.2 Å². The SMILES string of the molecule is COC1=C(N)C[C@@](O)(CO)CC1=N. The van der Waals surface area contributed by atoms with Gasteiger partial charge in [0.2, 0.25) is 0 Å². The van der Waals surface area contributed by atoms with Crippen LogP contribution >= 0.6 is 0 Å². The molecule has 0 saturated heterocycles. The average molecular weight is 186 g/mol. The van der Waals surface area contributed by atoms with Crippen molar-refractivity contribution in [3.63, 3.8) is 0 Å². The van der Waals surface area contributed by atoms with Gasteiger partial charge in [-0.05, 0) is 0 Å². The topological polar surface area (TPSA) is 99.6 Å². The number of allylic oxidation sites excluding steroid dienone is 1. The second-order valence-corrected chi connectivity index (χ2v) is 3.27. The van der Waals surface area contributed by atoms with E-state index in [-0.39, 0.29) is 18.6 Å². The number of hydrogen-bond donors (Lipinski definition) is 4. The van der Waals surface area contributed by atoms with Crippen molar-refractivity contribution in [2.45, 2.75) is 18.4 Å². The summed E-state index contributed by atoms with van der Waals surface area (Å²) in [6.07, 6.45) is 0.225. The van der Waals surface area contributed by atoms with E-state index in [0.29, 0.717) is 11.5 Å². The molecule has 0 unspecified atom stereocenters. The Labute approximate surface area is 76.3 Å². The highest BCUT2D eigenvalue weighted by Gasteiger charge is 2.35. The van der Waals surface area contributed by atoms with Gasteiger partial charge in [-0.3, -0.25) is 0 Å². The van der Waals surface area contributed by atoms with Crippen LogP contribution in [0, 0.1) is 5.41 Å². The van der Waals surface area contributed by atoms with E-state index in [0.717, 1.165) is 0 Å². The van der Waals surface area contributed by atoms with E-state index in [4.69, 9.17) is 21.0 Å². The van der Waals surface area contributed by atoms with Crippen molar-refractivity contribution in [2.24, 2.45) is 5.73 Å². The number of aliphatic hydroxyl groups is 2. The zero-order valence-electron chi connectivity index (χ0n) is 7.50. The summed E-state index contributed by atoms with van der Waals surface area (Å²) in [5.74, 6) is 0.318. The number of ether oxygens (including phenoxy) is 1. The minimum Gasteiger partial charge on any atom is -0.493 e. The maximum absolute atomic E-state index is 9.67. The predicted molar refractivity (Wildman–Crippen MR) is 47.2 cm³/mol. The Morgan fingerprint density at radius 1 is 1.62 bits per heavy atom.